The van der Waals surface area contributed by atoms with Crippen LogP contribution in [0.5, 0.6) is 5.75 Å². The lowest BCUT2D eigenvalue weighted by Gasteiger charge is -2.26. The van der Waals surface area contributed by atoms with Crippen LogP contribution in [0.4, 0.5) is 0 Å². The minimum absolute atomic E-state index is 0.128. The summed E-state index contributed by atoms with van der Waals surface area (Å²) in [5, 5.41) is 10.7. The van der Waals surface area contributed by atoms with E-state index in [0.717, 1.165) is 23.5 Å². The first-order valence-electron chi connectivity index (χ1n) is 6.58. The van der Waals surface area contributed by atoms with E-state index in [9.17, 15) is 5.11 Å². The number of rotatable bonds is 4. The SMILES string of the molecule is CC(C)Oc1cncc(C(O)C2CCCCS2)c1. The smallest absolute Gasteiger partial charge is 0.138 e. The van der Waals surface area contributed by atoms with Gasteiger partial charge in [0.05, 0.1) is 18.4 Å². The molecule has 0 spiro atoms. The summed E-state index contributed by atoms with van der Waals surface area (Å²) in [6, 6.07) is 1.91. The average molecular weight is 267 g/mol. The van der Waals surface area contributed by atoms with Crippen molar-refractivity contribution in [3.05, 3.63) is 24.0 Å². The van der Waals surface area contributed by atoms with Gasteiger partial charge in [-0.25, -0.2) is 0 Å². The van der Waals surface area contributed by atoms with Crippen LogP contribution in [0.3, 0.4) is 0 Å². The van der Waals surface area contributed by atoms with E-state index in [1.165, 1.54) is 12.8 Å². The second-order valence-corrected chi connectivity index (χ2v) is 6.32. The van der Waals surface area contributed by atoms with Crippen LogP contribution in [0.2, 0.25) is 0 Å². The van der Waals surface area contributed by atoms with E-state index in [2.05, 4.69) is 4.98 Å². The van der Waals surface area contributed by atoms with Crippen molar-refractivity contribution in [2.45, 2.75) is 50.6 Å². The zero-order valence-corrected chi connectivity index (χ0v) is 11.8. The predicted octanol–water partition coefficient (Wildman–Crippen LogP) is 3.19. The van der Waals surface area contributed by atoms with Gasteiger partial charge in [-0.3, -0.25) is 4.98 Å². The van der Waals surface area contributed by atoms with Crippen LogP contribution in [0.25, 0.3) is 0 Å². The van der Waals surface area contributed by atoms with Gasteiger partial charge >= 0.3 is 0 Å². The monoisotopic (exact) mass is 267 g/mol. The van der Waals surface area contributed by atoms with Crippen LogP contribution in [-0.4, -0.2) is 27.2 Å². The van der Waals surface area contributed by atoms with Crippen molar-refractivity contribution in [3.63, 3.8) is 0 Å². The number of aliphatic hydroxyl groups excluding tert-OH is 1. The molecule has 1 saturated heterocycles. The first-order valence-corrected chi connectivity index (χ1v) is 7.63. The summed E-state index contributed by atoms with van der Waals surface area (Å²) >= 11 is 1.87. The third-order valence-corrected chi connectivity index (χ3v) is 4.46. The van der Waals surface area contributed by atoms with Gasteiger partial charge in [-0.05, 0) is 38.5 Å². The fourth-order valence-electron chi connectivity index (χ4n) is 2.16. The first kappa shape index (κ1) is 13.7. The lowest BCUT2D eigenvalue weighted by molar-refractivity contribution is 0.167. The molecule has 1 aliphatic heterocycles. The van der Waals surface area contributed by atoms with Crippen molar-refractivity contribution in [2.24, 2.45) is 0 Å². The van der Waals surface area contributed by atoms with Gasteiger partial charge in [-0.2, -0.15) is 11.8 Å². The molecule has 1 aliphatic rings. The number of hydrogen-bond donors (Lipinski definition) is 1. The average Bonchev–Trinajstić information content (AvgIpc) is 2.38. The van der Waals surface area contributed by atoms with Crippen LogP contribution in [-0.2, 0) is 0 Å². The molecule has 0 bridgehead atoms. The van der Waals surface area contributed by atoms with E-state index in [4.69, 9.17) is 4.74 Å². The van der Waals surface area contributed by atoms with E-state index in [-0.39, 0.29) is 6.10 Å². The van der Waals surface area contributed by atoms with Gasteiger partial charge in [0.25, 0.3) is 0 Å². The maximum Gasteiger partial charge on any atom is 0.138 e. The van der Waals surface area contributed by atoms with Gasteiger partial charge in [0.15, 0.2) is 0 Å². The van der Waals surface area contributed by atoms with Crippen molar-refractivity contribution in [2.75, 3.05) is 5.75 Å². The van der Waals surface area contributed by atoms with E-state index in [0.29, 0.717) is 5.25 Å². The molecular formula is C14H21NO2S. The summed E-state index contributed by atoms with van der Waals surface area (Å²) in [6.07, 6.45) is 6.70. The molecule has 1 aromatic rings. The summed E-state index contributed by atoms with van der Waals surface area (Å²) in [5.74, 6) is 1.89. The lowest BCUT2D eigenvalue weighted by Crippen LogP contribution is -2.19. The van der Waals surface area contributed by atoms with Crippen LogP contribution in [0.1, 0.15) is 44.8 Å². The summed E-state index contributed by atoms with van der Waals surface area (Å²) in [7, 11) is 0. The van der Waals surface area contributed by atoms with Crippen LogP contribution >= 0.6 is 11.8 Å². The fourth-order valence-corrected chi connectivity index (χ4v) is 3.51. The quantitative estimate of drug-likeness (QED) is 0.909. The number of aliphatic hydroxyl groups is 1. The Morgan fingerprint density at radius 2 is 2.22 bits per heavy atom. The van der Waals surface area contributed by atoms with Crippen LogP contribution in [0, 0.1) is 0 Å². The maximum atomic E-state index is 10.4. The molecule has 1 aromatic heterocycles. The van der Waals surface area contributed by atoms with Gasteiger partial charge in [0, 0.05) is 17.0 Å². The number of ether oxygens (including phenoxy) is 1. The van der Waals surface area contributed by atoms with Crippen molar-refractivity contribution in [1.82, 2.24) is 4.98 Å². The molecule has 0 radical (unpaired) electrons. The summed E-state index contributed by atoms with van der Waals surface area (Å²) in [6.45, 7) is 3.97. The molecule has 18 heavy (non-hydrogen) atoms. The Labute approximate surface area is 113 Å². The summed E-state index contributed by atoms with van der Waals surface area (Å²) in [4.78, 5) is 4.16. The number of hydrogen-bond acceptors (Lipinski definition) is 4. The number of pyridine rings is 1. The molecule has 4 heteroatoms. The summed E-state index contributed by atoms with van der Waals surface area (Å²) < 4.78 is 5.61. The standard InChI is InChI=1S/C14H21NO2S/c1-10(2)17-12-7-11(8-15-9-12)14(16)13-5-3-4-6-18-13/h7-10,13-14,16H,3-6H2,1-2H3. The second-order valence-electron chi connectivity index (χ2n) is 4.97. The molecule has 2 unspecified atom stereocenters. The number of nitrogens with zero attached hydrogens (tertiary/aromatic N) is 1. The fraction of sp³-hybridized carbons (Fsp3) is 0.643. The molecule has 0 amide bonds. The molecule has 1 N–H and O–H groups in total. The Bertz CT molecular complexity index is 378. The zero-order chi connectivity index (χ0) is 13.0. The Morgan fingerprint density at radius 1 is 1.39 bits per heavy atom. The van der Waals surface area contributed by atoms with Gasteiger partial charge < -0.3 is 9.84 Å². The second kappa shape index (κ2) is 6.43. The number of thioether (sulfide) groups is 1. The molecule has 2 atom stereocenters. The van der Waals surface area contributed by atoms with Crippen molar-refractivity contribution in [1.29, 1.82) is 0 Å². The zero-order valence-electron chi connectivity index (χ0n) is 11.0. The Kier molecular flexibility index (Phi) is 4.89. The number of aromatic nitrogens is 1. The van der Waals surface area contributed by atoms with E-state index >= 15 is 0 Å². The van der Waals surface area contributed by atoms with Gasteiger partial charge in [0.2, 0.25) is 0 Å². The van der Waals surface area contributed by atoms with Crippen LogP contribution < -0.4 is 4.74 Å². The highest BCUT2D eigenvalue weighted by atomic mass is 32.2. The molecular weight excluding hydrogens is 246 g/mol. The highest BCUT2D eigenvalue weighted by Crippen LogP contribution is 2.35. The third kappa shape index (κ3) is 3.62. The maximum absolute atomic E-state index is 10.4. The van der Waals surface area contributed by atoms with E-state index < -0.39 is 6.10 Å². The minimum atomic E-state index is -0.432. The van der Waals surface area contributed by atoms with Crippen LogP contribution in [0.15, 0.2) is 18.5 Å². The molecule has 100 valence electrons. The highest BCUT2D eigenvalue weighted by molar-refractivity contribution is 7.99. The van der Waals surface area contributed by atoms with E-state index in [1.54, 1.807) is 12.4 Å². The molecule has 3 nitrogen and oxygen atoms in total. The van der Waals surface area contributed by atoms with Crippen molar-refractivity contribution < 1.29 is 9.84 Å². The van der Waals surface area contributed by atoms with Gasteiger partial charge in [-0.1, -0.05) is 6.42 Å². The first-order chi connectivity index (χ1) is 8.66. The molecule has 1 fully saturated rings. The normalized spacial score (nSPS) is 21.9. The van der Waals surface area contributed by atoms with E-state index in [1.807, 2.05) is 31.7 Å². The third-order valence-electron chi connectivity index (χ3n) is 3.01. The Morgan fingerprint density at radius 3 is 2.89 bits per heavy atom. The highest BCUT2D eigenvalue weighted by Gasteiger charge is 2.24. The largest absolute Gasteiger partial charge is 0.489 e. The molecule has 0 aliphatic carbocycles. The Hall–Kier alpha value is -0.740. The summed E-state index contributed by atoms with van der Waals surface area (Å²) in [5.41, 5.74) is 0.868. The Balaban J connectivity index is 2.06. The molecule has 2 heterocycles. The predicted molar refractivity (Wildman–Crippen MR) is 75.1 cm³/mol. The van der Waals surface area contributed by atoms with Gasteiger partial charge in [0.1, 0.15) is 5.75 Å². The molecule has 2 rings (SSSR count). The van der Waals surface area contributed by atoms with Gasteiger partial charge in [-0.15, -0.1) is 0 Å². The van der Waals surface area contributed by atoms with Crippen molar-refractivity contribution in [3.8, 4) is 5.75 Å². The minimum Gasteiger partial charge on any atom is -0.489 e. The topological polar surface area (TPSA) is 42.4 Å². The molecule has 0 saturated carbocycles. The molecule has 0 aromatic carbocycles. The van der Waals surface area contributed by atoms with Crippen molar-refractivity contribution >= 4 is 11.8 Å². The lowest BCUT2D eigenvalue weighted by atomic mass is 10.0.